The Morgan fingerprint density at radius 2 is 1.76 bits per heavy atom. The summed E-state index contributed by atoms with van der Waals surface area (Å²) in [7, 11) is 0. The number of nitrogens with two attached hydrogens (primary N) is 1. The van der Waals surface area contributed by atoms with Crippen molar-refractivity contribution >= 4 is 49.0 Å². The van der Waals surface area contributed by atoms with E-state index in [1.54, 1.807) is 13.0 Å². The summed E-state index contributed by atoms with van der Waals surface area (Å²) in [5.41, 5.74) is 14.0. The van der Waals surface area contributed by atoms with Crippen LogP contribution in [0.25, 0.3) is 5.57 Å². The molecule has 5 nitrogen and oxygen atoms in total. The van der Waals surface area contributed by atoms with E-state index in [1.165, 1.54) is 35.1 Å². The Bertz CT molecular complexity index is 1060. The Hall–Kier alpha value is -1.99. The topological polar surface area (TPSA) is 78.6 Å². The first-order chi connectivity index (χ1) is 16.3. The standard InChI is InChI=1S/C21H23Br2N3O2.C4H6.C2H6/c1-11(27)26-6-4-12(5-7-26)18-17-13(9-16(28)20(24)19(17)23)2-3-14-8-15(22)10-25-21(14)18;1-4-2-3-4;1-2/h8-10,21,25,28H,2-7,24H2,1H3;1-3H2;1-2H3. The molecule has 1 atom stereocenters. The molecule has 1 aromatic rings. The molecule has 5 rings (SSSR count). The maximum Gasteiger partial charge on any atom is 0.219 e. The molecule has 2 aliphatic carbocycles. The fourth-order valence-electron chi connectivity index (χ4n) is 4.50. The summed E-state index contributed by atoms with van der Waals surface area (Å²) in [4.78, 5) is 13.7. The van der Waals surface area contributed by atoms with E-state index < -0.39 is 0 Å². The van der Waals surface area contributed by atoms with E-state index in [2.05, 4.69) is 49.8 Å². The van der Waals surface area contributed by atoms with Crippen molar-refractivity contribution in [2.75, 3.05) is 18.8 Å². The molecular formula is C27H35Br2N3O2. The summed E-state index contributed by atoms with van der Waals surface area (Å²) in [6.07, 6.45) is 10.2. The predicted molar refractivity (Wildman–Crippen MR) is 149 cm³/mol. The van der Waals surface area contributed by atoms with E-state index in [9.17, 15) is 9.90 Å². The molecule has 2 aliphatic heterocycles. The van der Waals surface area contributed by atoms with Gasteiger partial charge in [0.15, 0.2) is 0 Å². The Morgan fingerprint density at radius 1 is 1.15 bits per heavy atom. The van der Waals surface area contributed by atoms with E-state index in [-0.39, 0.29) is 17.7 Å². The third kappa shape index (κ3) is 5.98. The number of dihydropyridines is 1. The van der Waals surface area contributed by atoms with Gasteiger partial charge < -0.3 is 21.1 Å². The van der Waals surface area contributed by atoms with Gasteiger partial charge in [0.2, 0.25) is 5.91 Å². The van der Waals surface area contributed by atoms with Gasteiger partial charge in [-0.2, -0.15) is 0 Å². The quantitative estimate of drug-likeness (QED) is 0.181. The van der Waals surface area contributed by atoms with Gasteiger partial charge in [0, 0.05) is 30.7 Å². The van der Waals surface area contributed by atoms with E-state index in [0.717, 1.165) is 58.9 Å². The van der Waals surface area contributed by atoms with Crippen LogP contribution in [0.15, 0.2) is 50.6 Å². The minimum atomic E-state index is 0.0710. The van der Waals surface area contributed by atoms with Crippen LogP contribution in [-0.2, 0) is 11.2 Å². The number of anilines is 1. The number of hydrogen-bond acceptors (Lipinski definition) is 4. The number of hydrogen-bond donors (Lipinski definition) is 3. The molecule has 2 heterocycles. The summed E-state index contributed by atoms with van der Waals surface area (Å²) < 4.78 is 1.79. The van der Waals surface area contributed by atoms with Crippen LogP contribution in [0.4, 0.5) is 5.69 Å². The van der Waals surface area contributed by atoms with Crippen LogP contribution in [0.1, 0.15) is 64.0 Å². The summed E-state index contributed by atoms with van der Waals surface area (Å²) in [6, 6.07) is 1.88. The second-order valence-electron chi connectivity index (χ2n) is 8.78. The number of allylic oxidation sites excluding steroid dienone is 3. The minimum absolute atomic E-state index is 0.0710. The first-order valence-electron chi connectivity index (χ1n) is 12.0. The molecule has 34 heavy (non-hydrogen) atoms. The number of aryl methyl sites for hydroxylation is 1. The number of phenols is 1. The van der Waals surface area contributed by atoms with Crippen molar-refractivity contribution in [3.8, 4) is 5.75 Å². The normalized spacial score (nSPS) is 20.7. The van der Waals surface area contributed by atoms with E-state index in [0.29, 0.717) is 5.69 Å². The monoisotopic (exact) mass is 591 g/mol. The maximum absolute atomic E-state index is 11.8. The largest absolute Gasteiger partial charge is 0.506 e. The van der Waals surface area contributed by atoms with Crippen LogP contribution >= 0.6 is 31.9 Å². The highest BCUT2D eigenvalue weighted by Crippen LogP contribution is 2.46. The lowest BCUT2D eigenvalue weighted by molar-refractivity contribution is -0.129. The SMILES string of the molecule is C=C1CC1.CC.CC(=O)N1CCC(=C2c3c(cc(O)c(N)c3Br)CCC3=CC(Br)=CNC32)CC1. The van der Waals surface area contributed by atoms with Gasteiger partial charge in [-0.3, -0.25) is 4.79 Å². The number of benzene rings is 1. The molecule has 1 saturated carbocycles. The van der Waals surface area contributed by atoms with Crippen molar-refractivity contribution in [1.29, 1.82) is 0 Å². The summed E-state index contributed by atoms with van der Waals surface area (Å²) in [5.74, 6) is 0.247. The van der Waals surface area contributed by atoms with Crippen LogP contribution < -0.4 is 11.1 Å². The van der Waals surface area contributed by atoms with Gasteiger partial charge in [0.1, 0.15) is 5.75 Å². The number of likely N-dealkylation sites (tertiary alicyclic amines) is 1. The Morgan fingerprint density at radius 3 is 2.32 bits per heavy atom. The third-order valence-corrected chi connectivity index (χ3v) is 7.77. The number of rotatable bonds is 0. The first-order valence-corrected chi connectivity index (χ1v) is 13.6. The molecule has 184 valence electrons. The number of nitrogens with one attached hydrogen (secondary N) is 1. The molecule has 4 N–H and O–H groups in total. The van der Waals surface area contributed by atoms with Crippen LogP contribution in [-0.4, -0.2) is 35.0 Å². The number of piperidine rings is 1. The average Bonchev–Trinajstić information content (AvgIpc) is 3.64. The molecule has 1 saturated heterocycles. The van der Waals surface area contributed by atoms with Crippen molar-refractivity contribution in [3.05, 3.63) is 61.7 Å². The number of nitrogens with zero attached hydrogens (tertiary/aromatic N) is 1. The molecule has 0 radical (unpaired) electrons. The molecule has 1 aromatic carbocycles. The van der Waals surface area contributed by atoms with Crippen molar-refractivity contribution in [1.82, 2.24) is 10.2 Å². The smallest absolute Gasteiger partial charge is 0.219 e. The molecule has 2 fully saturated rings. The Kier molecular flexibility index (Phi) is 9.10. The first kappa shape index (κ1) is 26.6. The molecule has 7 heteroatoms. The number of carbonyl (C=O) groups excluding carboxylic acids is 1. The molecule has 1 amide bonds. The second kappa shape index (κ2) is 11.6. The lowest BCUT2D eigenvalue weighted by Crippen LogP contribution is -2.36. The number of aromatic hydroxyl groups is 1. The highest BCUT2D eigenvalue weighted by molar-refractivity contribution is 9.12. The number of halogens is 2. The van der Waals surface area contributed by atoms with Crippen molar-refractivity contribution in [2.45, 2.75) is 65.3 Å². The number of amides is 1. The van der Waals surface area contributed by atoms with E-state index >= 15 is 0 Å². The van der Waals surface area contributed by atoms with Gasteiger partial charge >= 0.3 is 0 Å². The van der Waals surface area contributed by atoms with Crippen molar-refractivity contribution in [2.24, 2.45) is 0 Å². The third-order valence-electron chi connectivity index (χ3n) is 6.48. The summed E-state index contributed by atoms with van der Waals surface area (Å²) in [6.45, 7) is 10.8. The van der Waals surface area contributed by atoms with Crippen molar-refractivity contribution < 1.29 is 9.90 Å². The number of fused-ring (bicyclic) bond motifs is 2. The molecule has 1 unspecified atom stereocenters. The zero-order chi connectivity index (χ0) is 25.0. The zero-order valence-corrected chi connectivity index (χ0v) is 23.5. The van der Waals surface area contributed by atoms with Crippen LogP contribution in [0.5, 0.6) is 5.75 Å². The second-order valence-corrected chi connectivity index (χ2v) is 10.5. The minimum Gasteiger partial charge on any atom is -0.506 e. The van der Waals surface area contributed by atoms with Gasteiger partial charge in [0.25, 0.3) is 0 Å². The van der Waals surface area contributed by atoms with Gasteiger partial charge in [-0.1, -0.05) is 31.6 Å². The molecule has 4 aliphatic rings. The molecular weight excluding hydrogens is 558 g/mol. The summed E-state index contributed by atoms with van der Waals surface area (Å²) in [5, 5.41) is 13.8. The van der Waals surface area contributed by atoms with Crippen LogP contribution in [0.3, 0.4) is 0 Å². The highest BCUT2D eigenvalue weighted by Gasteiger charge is 2.33. The summed E-state index contributed by atoms with van der Waals surface area (Å²) >= 11 is 7.25. The Labute approximate surface area is 220 Å². The average molecular weight is 593 g/mol. The van der Waals surface area contributed by atoms with E-state index in [4.69, 9.17) is 5.73 Å². The Balaban J connectivity index is 0.000000480. The van der Waals surface area contributed by atoms with Crippen LogP contribution in [0.2, 0.25) is 0 Å². The van der Waals surface area contributed by atoms with Gasteiger partial charge in [0.05, 0.1) is 16.2 Å². The highest BCUT2D eigenvalue weighted by atomic mass is 79.9. The molecule has 0 bridgehead atoms. The lowest BCUT2D eigenvalue weighted by atomic mass is 9.84. The maximum atomic E-state index is 11.8. The lowest BCUT2D eigenvalue weighted by Gasteiger charge is -2.33. The van der Waals surface area contributed by atoms with Gasteiger partial charge in [-0.05, 0) is 105 Å². The number of carbonyl (C=O) groups is 1. The van der Waals surface area contributed by atoms with Gasteiger partial charge in [-0.15, -0.1) is 0 Å². The van der Waals surface area contributed by atoms with E-state index in [1.807, 2.05) is 24.9 Å². The predicted octanol–water partition coefficient (Wildman–Crippen LogP) is 6.58. The fraction of sp³-hybridized carbons (Fsp3) is 0.444. The number of nitrogen functional groups attached to an aromatic ring is 1. The van der Waals surface area contributed by atoms with Crippen molar-refractivity contribution in [3.63, 3.8) is 0 Å². The zero-order valence-electron chi connectivity index (χ0n) is 20.3. The molecule has 0 aromatic heterocycles. The van der Waals surface area contributed by atoms with Gasteiger partial charge in [-0.25, -0.2) is 0 Å². The fourth-order valence-corrected chi connectivity index (χ4v) is 5.60. The number of phenolic OH excluding ortho intramolecular Hbond substituents is 1. The van der Waals surface area contributed by atoms with Crippen LogP contribution in [0, 0.1) is 0 Å². The molecule has 0 spiro atoms.